The molecule has 4 bridgehead atoms. The average molecular weight is 441 g/mol. The van der Waals surface area contributed by atoms with Crippen LogP contribution >= 0.6 is 0 Å². The van der Waals surface area contributed by atoms with Crippen molar-refractivity contribution in [1.29, 1.82) is 0 Å². The van der Waals surface area contributed by atoms with E-state index in [4.69, 9.17) is 0 Å². The van der Waals surface area contributed by atoms with E-state index in [1.165, 1.54) is 11.1 Å². The van der Waals surface area contributed by atoms with Crippen LogP contribution in [0.4, 0.5) is 0 Å². The van der Waals surface area contributed by atoms with Gasteiger partial charge in [0.1, 0.15) is 0 Å². The predicted molar refractivity (Wildman–Crippen MR) is 114 cm³/mol. The number of allylic oxidation sites excluding steroid dienone is 2. The van der Waals surface area contributed by atoms with E-state index in [9.17, 15) is 16.8 Å². The fourth-order valence-electron chi connectivity index (χ4n) is 6.98. The maximum absolute atomic E-state index is 13.8. The molecule has 0 unspecified atom stereocenters. The molecular formula is C24H24O4S2. The third kappa shape index (κ3) is 2.38. The maximum Gasteiger partial charge on any atom is 0.183 e. The summed E-state index contributed by atoms with van der Waals surface area (Å²) in [6.07, 6.45) is 4.01. The lowest BCUT2D eigenvalue weighted by molar-refractivity contribution is 0.494. The van der Waals surface area contributed by atoms with Crippen LogP contribution in [0.2, 0.25) is 0 Å². The van der Waals surface area contributed by atoms with Crippen LogP contribution in [-0.4, -0.2) is 27.3 Å². The topological polar surface area (TPSA) is 68.3 Å². The SMILES string of the molecule is O=S(=O)(c1ccccc1)[C@@H]1[C@@H](S(=O)(=O)c2ccccc2)[C@H]2C[C@H]1C1=C2[C@H]2CC[C@H]1C2. The Morgan fingerprint density at radius 1 is 0.567 bits per heavy atom. The van der Waals surface area contributed by atoms with Gasteiger partial charge in [-0.3, -0.25) is 0 Å². The number of fused-ring (bicyclic) bond motifs is 8. The Labute approximate surface area is 177 Å². The second-order valence-corrected chi connectivity index (χ2v) is 13.4. The van der Waals surface area contributed by atoms with E-state index in [0.717, 1.165) is 19.3 Å². The van der Waals surface area contributed by atoms with Gasteiger partial charge in [0.25, 0.3) is 0 Å². The first-order chi connectivity index (χ1) is 14.4. The highest BCUT2D eigenvalue weighted by Crippen LogP contribution is 2.66. The molecule has 0 aromatic heterocycles. The van der Waals surface area contributed by atoms with Crippen molar-refractivity contribution in [3.8, 4) is 0 Å². The van der Waals surface area contributed by atoms with Crippen molar-refractivity contribution < 1.29 is 16.8 Å². The molecule has 2 fully saturated rings. The summed E-state index contributed by atoms with van der Waals surface area (Å²) in [6, 6.07) is 16.8. The van der Waals surface area contributed by atoms with E-state index in [1.54, 1.807) is 60.7 Å². The molecule has 2 aromatic rings. The third-order valence-electron chi connectivity index (χ3n) is 7.93. The average Bonchev–Trinajstić information content (AvgIpc) is 3.53. The lowest BCUT2D eigenvalue weighted by atomic mass is 9.82. The molecule has 2 saturated carbocycles. The third-order valence-corrected chi connectivity index (χ3v) is 12.6. The Balaban J connectivity index is 1.55. The maximum atomic E-state index is 13.8. The second-order valence-electron chi connectivity index (χ2n) is 9.21. The van der Waals surface area contributed by atoms with Crippen LogP contribution in [-0.2, 0) is 19.7 Å². The summed E-state index contributed by atoms with van der Waals surface area (Å²) in [5.41, 5.74) is 2.64. The van der Waals surface area contributed by atoms with Crippen LogP contribution in [0, 0.1) is 23.7 Å². The van der Waals surface area contributed by atoms with Crippen LogP contribution in [0.3, 0.4) is 0 Å². The smallest absolute Gasteiger partial charge is 0.183 e. The summed E-state index contributed by atoms with van der Waals surface area (Å²) < 4.78 is 55.3. The number of benzene rings is 2. The summed E-state index contributed by atoms with van der Waals surface area (Å²) >= 11 is 0. The summed E-state index contributed by atoms with van der Waals surface area (Å²) in [5.74, 6) is 0.616. The van der Waals surface area contributed by atoms with Crippen molar-refractivity contribution in [3.05, 3.63) is 71.8 Å². The standard InChI is InChI=1S/C24H24O4S2/c25-29(26,17-7-3-1-4-8-17)23-19-14-20(22-16-12-11-15(13-16)21(19)22)24(23)30(27,28)18-9-5-2-6-10-18/h1-10,15-16,19-20,23-24H,11-14H2/t15-,16-,19-,20-,23-,24-/m0/s1. The Bertz CT molecular complexity index is 1150. The number of sulfone groups is 2. The van der Waals surface area contributed by atoms with Gasteiger partial charge in [-0.15, -0.1) is 0 Å². The van der Waals surface area contributed by atoms with E-state index >= 15 is 0 Å². The molecule has 4 nitrogen and oxygen atoms in total. The van der Waals surface area contributed by atoms with E-state index < -0.39 is 30.2 Å². The van der Waals surface area contributed by atoms with Crippen LogP contribution in [0.1, 0.15) is 25.7 Å². The first-order valence-corrected chi connectivity index (χ1v) is 13.8. The zero-order valence-electron chi connectivity index (χ0n) is 16.5. The molecule has 0 amide bonds. The highest BCUT2D eigenvalue weighted by molar-refractivity contribution is 7.96. The zero-order valence-corrected chi connectivity index (χ0v) is 18.1. The molecular weight excluding hydrogens is 416 g/mol. The largest absolute Gasteiger partial charge is 0.223 e. The van der Waals surface area contributed by atoms with Crippen molar-refractivity contribution in [2.24, 2.45) is 23.7 Å². The van der Waals surface area contributed by atoms with Crippen molar-refractivity contribution in [2.45, 2.75) is 46.0 Å². The molecule has 2 aromatic carbocycles. The molecule has 4 aliphatic carbocycles. The Morgan fingerprint density at radius 3 is 1.37 bits per heavy atom. The van der Waals surface area contributed by atoms with E-state index in [2.05, 4.69) is 0 Å². The molecule has 0 aliphatic heterocycles. The molecule has 0 heterocycles. The molecule has 0 saturated heterocycles. The molecule has 6 rings (SSSR count). The molecule has 0 radical (unpaired) electrons. The van der Waals surface area contributed by atoms with Crippen molar-refractivity contribution in [3.63, 3.8) is 0 Å². The van der Waals surface area contributed by atoms with Gasteiger partial charge in [-0.2, -0.15) is 0 Å². The summed E-state index contributed by atoms with van der Waals surface area (Å²) in [4.78, 5) is 0.474. The minimum absolute atomic E-state index is 0.158. The molecule has 6 heteroatoms. The Morgan fingerprint density at radius 2 is 0.967 bits per heavy atom. The minimum Gasteiger partial charge on any atom is -0.223 e. The molecule has 4 aliphatic rings. The number of hydrogen-bond donors (Lipinski definition) is 0. The second kappa shape index (κ2) is 6.30. The van der Waals surface area contributed by atoms with Crippen molar-refractivity contribution >= 4 is 19.7 Å². The fraction of sp³-hybridized carbons (Fsp3) is 0.417. The molecule has 6 atom stereocenters. The van der Waals surface area contributed by atoms with Crippen LogP contribution < -0.4 is 0 Å². The molecule has 0 N–H and O–H groups in total. The number of hydrogen-bond acceptors (Lipinski definition) is 4. The highest BCUT2D eigenvalue weighted by Gasteiger charge is 2.65. The van der Waals surface area contributed by atoms with Gasteiger partial charge in [0, 0.05) is 0 Å². The van der Waals surface area contributed by atoms with Gasteiger partial charge in [0.15, 0.2) is 19.7 Å². The minimum atomic E-state index is -3.78. The Kier molecular flexibility index (Phi) is 3.95. The van der Waals surface area contributed by atoms with Gasteiger partial charge in [-0.1, -0.05) is 47.5 Å². The normalized spacial score (nSPS) is 34.5. The quantitative estimate of drug-likeness (QED) is 0.531. The van der Waals surface area contributed by atoms with Crippen LogP contribution in [0.5, 0.6) is 0 Å². The highest BCUT2D eigenvalue weighted by atomic mass is 32.2. The lowest BCUT2D eigenvalue weighted by Crippen LogP contribution is -2.45. The summed E-state index contributed by atoms with van der Waals surface area (Å²) in [6.45, 7) is 0. The summed E-state index contributed by atoms with van der Waals surface area (Å²) in [7, 11) is -7.56. The predicted octanol–water partition coefficient (Wildman–Crippen LogP) is 4.05. The van der Waals surface area contributed by atoms with Gasteiger partial charge >= 0.3 is 0 Å². The lowest BCUT2D eigenvalue weighted by Gasteiger charge is -2.35. The van der Waals surface area contributed by atoms with Crippen molar-refractivity contribution in [1.82, 2.24) is 0 Å². The zero-order chi connectivity index (χ0) is 20.7. The molecule has 156 valence electrons. The van der Waals surface area contributed by atoms with Gasteiger partial charge in [0.05, 0.1) is 20.3 Å². The number of rotatable bonds is 4. The van der Waals surface area contributed by atoms with Gasteiger partial charge in [0.2, 0.25) is 0 Å². The van der Waals surface area contributed by atoms with E-state index in [1.807, 2.05) is 0 Å². The first kappa shape index (κ1) is 18.8. The fourth-order valence-corrected chi connectivity index (χ4v) is 12.0. The first-order valence-electron chi connectivity index (χ1n) is 10.7. The molecule has 30 heavy (non-hydrogen) atoms. The van der Waals surface area contributed by atoms with Gasteiger partial charge in [-0.25, -0.2) is 16.8 Å². The van der Waals surface area contributed by atoms with E-state index in [-0.39, 0.29) is 21.6 Å². The Hall–Kier alpha value is -1.92. The van der Waals surface area contributed by atoms with Gasteiger partial charge < -0.3 is 0 Å². The van der Waals surface area contributed by atoms with E-state index in [0.29, 0.717) is 18.3 Å². The van der Waals surface area contributed by atoms with Crippen LogP contribution in [0.25, 0.3) is 0 Å². The van der Waals surface area contributed by atoms with Crippen molar-refractivity contribution in [2.75, 3.05) is 0 Å². The monoisotopic (exact) mass is 440 g/mol. The summed E-state index contributed by atoms with van der Waals surface area (Å²) in [5, 5.41) is -1.79. The van der Waals surface area contributed by atoms with Gasteiger partial charge in [-0.05, 0) is 73.6 Å². The van der Waals surface area contributed by atoms with Crippen LogP contribution in [0.15, 0.2) is 81.6 Å². The molecule has 0 spiro atoms.